The van der Waals surface area contributed by atoms with E-state index in [-0.39, 0.29) is 0 Å². The van der Waals surface area contributed by atoms with Crippen LogP contribution in [0.15, 0.2) is 255 Å². The summed E-state index contributed by atoms with van der Waals surface area (Å²) in [5, 5.41) is 4.92. The van der Waals surface area contributed by atoms with E-state index in [4.69, 9.17) is 0 Å². The highest BCUT2D eigenvalue weighted by atomic mass is 15.1. The van der Waals surface area contributed by atoms with E-state index < -0.39 is 5.41 Å². The standard InChI is InChI=1S/C65H42N2/c1-3-17-43(18-4-1)46-35-39-54-52-24-9-12-28-57(52)65(59(54)41-46)58-29-13-10-25-53(58)55-40-38-49(42-60(55)65)66(48-36-33-45(34-37-48)51-27-15-20-44-19-7-8-23-50(44)51)62-31-16-32-63-64(62)56-26-11-14-30-61(56)67(63)47-21-5-2-6-22-47/h1-42H. The number of nitrogens with zero attached hydrogens (tertiary/aromatic N) is 2. The summed E-state index contributed by atoms with van der Waals surface area (Å²) < 4.78 is 2.42. The van der Waals surface area contributed by atoms with Gasteiger partial charge in [0.1, 0.15) is 0 Å². The second-order valence-electron chi connectivity index (χ2n) is 18.0. The highest BCUT2D eigenvalue weighted by molar-refractivity contribution is 6.16. The smallest absolute Gasteiger partial charge is 0.0726 e. The number of aromatic nitrogens is 1. The lowest BCUT2D eigenvalue weighted by Crippen LogP contribution is -2.26. The van der Waals surface area contributed by atoms with Crippen LogP contribution in [0.25, 0.3) is 82.8 Å². The molecule has 0 saturated heterocycles. The number of hydrogen-bond acceptors (Lipinski definition) is 1. The maximum absolute atomic E-state index is 2.52. The third kappa shape index (κ3) is 5.45. The van der Waals surface area contributed by atoms with E-state index in [9.17, 15) is 0 Å². The van der Waals surface area contributed by atoms with Crippen LogP contribution in [0.2, 0.25) is 0 Å². The molecule has 0 amide bonds. The summed E-state index contributed by atoms with van der Waals surface area (Å²) in [5.41, 5.74) is 21.6. The molecular weight excluding hydrogens is 809 g/mol. The van der Waals surface area contributed by atoms with Crippen LogP contribution in [-0.4, -0.2) is 4.57 Å². The number of anilines is 3. The average Bonchev–Trinajstić information content (AvgIpc) is 4.01. The zero-order chi connectivity index (χ0) is 44.1. The van der Waals surface area contributed by atoms with Gasteiger partial charge in [0.05, 0.1) is 22.1 Å². The third-order valence-electron chi connectivity index (χ3n) is 14.6. The Kier molecular flexibility index (Phi) is 8.23. The fourth-order valence-corrected chi connectivity index (χ4v) is 11.8. The minimum absolute atomic E-state index is 0.530. The first-order valence-corrected chi connectivity index (χ1v) is 23.3. The van der Waals surface area contributed by atoms with Gasteiger partial charge in [0.25, 0.3) is 0 Å². The van der Waals surface area contributed by atoms with Gasteiger partial charge >= 0.3 is 0 Å². The van der Waals surface area contributed by atoms with Crippen molar-refractivity contribution in [2.24, 2.45) is 0 Å². The highest BCUT2D eigenvalue weighted by Crippen LogP contribution is 2.64. The molecule has 12 aromatic rings. The molecule has 312 valence electrons. The van der Waals surface area contributed by atoms with E-state index in [1.807, 2.05) is 0 Å². The van der Waals surface area contributed by atoms with Crippen LogP contribution >= 0.6 is 0 Å². The van der Waals surface area contributed by atoms with Gasteiger partial charge in [-0.2, -0.15) is 0 Å². The lowest BCUT2D eigenvalue weighted by atomic mass is 9.70. The van der Waals surface area contributed by atoms with E-state index in [0.29, 0.717) is 0 Å². The summed E-state index contributed by atoms with van der Waals surface area (Å²) >= 11 is 0. The first-order chi connectivity index (χ1) is 33.3. The van der Waals surface area contributed by atoms with Gasteiger partial charge in [-0.05, 0) is 138 Å². The summed E-state index contributed by atoms with van der Waals surface area (Å²) in [4.78, 5) is 2.51. The molecule has 2 aliphatic carbocycles. The van der Waals surface area contributed by atoms with Crippen LogP contribution in [-0.2, 0) is 5.41 Å². The van der Waals surface area contributed by atoms with Crippen LogP contribution in [0, 0.1) is 0 Å². The molecule has 67 heavy (non-hydrogen) atoms. The van der Waals surface area contributed by atoms with Gasteiger partial charge in [-0.3, -0.25) is 0 Å². The molecule has 0 N–H and O–H groups in total. The van der Waals surface area contributed by atoms with Crippen molar-refractivity contribution in [1.29, 1.82) is 0 Å². The molecule has 2 nitrogen and oxygen atoms in total. The summed E-state index contributed by atoms with van der Waals surface area (Å²) in [6.07, 6.45) is 0. The second-order valence-corrected chi connectivity index (χ2v) is 18.0. The van der Waals surface area contributed by atoms with Gasteiger partial charge in [0.15, 0.2) is 0 Å². The molecular formula is C65H42N2. The molecule has 11 aromatic carbocycles. The predicted molar refractivity (Wildman–Crippen MR) is 280 cm³/mol. The monoisotopic (exact) mass is 850 g/mol. The first kappa shape index (κ1) is 37.6. The molecule has 0 aliphatic heterocycles. The number of para-hydroxylation sites is 2. The van der Waals surface area contributed by atoms with Crippen molar-refractivity contribution in [1.82, 2.24) is 4.57 Å². The molecule has 2 aliphatic rings. The van der Waals surface area contributed by atoms with Crippen molar-refractivity contribution in [3.8, 4) is 50.2 Å². The summed E-state index contributed by atoms with van der Waals surface area (Å²) in [7, 11) is 0. The van der Waals surface area contributed by atoms with Crippen molar-refractivity contribution in [3.05, 3.63) is 277 Å². The lowest BCUT2D eigenvalue weighted by molar-refractivity contribution is 0.794. The summed E-state index contributed by atoms with van der Waals surface area (Å²) in [5.74, 6) is 0. The summed E-state index contributed by atoms with van der Waals surface area (Å²) in [6, 6.07) is 94.5. The van der Waals surface area contributed by atoms with E-state index in [1.165, 1.54) is 99.3 Å². The topological polar surface area (TPSA) is 8.17 Å². The maximum atomic E-state index is 2.52. The van der Waals surface area contributed by atoms with Crippen LogP contribution in [0.1, 0.15) is 22.3 Å². The Morgan fingerprint density at radius 1 is 0.313 bits per heavy atom. The van der Waals surface area contributed by atoms with E-state index in [0.717, 1.165) is 22.7 Å². The number of benzene rings is 11. The molecule has 0 radical (unpaired) electrons. The van der Waals surface area contributed by atoms with Crippen molar-refractivity contribution < 1.29 is 0 Å². The van der Waals surface area contributed by atoms with E-state index in [1.54, 1.807) is 0 Å². The Morgan fingerprint density at radius 2 is 0.851 bits per heavy atom. The van der Waals surface area contributed by atoms with Crippen LogP contribution < -0.4 is 4.90 Å². The normalized spacial score (nSPS) is 14.3. The Balaban J connectivity index is 1.04. The molecule has 0 fully saturated rings. The van der Waals surface area contributed by atoms with Gasteiger partial charge in [-0.15, -0.1) is 0 Å². The zero-order valence-corrected chi connectivity index (χ0v) is 36.6. The molecule has 1 spiro atoms. The Hall–Kier alpha value is -8.72. The molecule has 1 aromatic heterocycles. The SMILES string of the molecule is c1ccc(-c2ccc3c(c2)C2(c4ccccc4-3)c3ccccc3-c3ccc(N(c4ccc(-c5cccc6ccccc56)cc4)c4cccc5c4c4ccccc4n5-c4ccccc4)cc32)cc1. The van der Waals surface area contributed by atoms with Gasteiger partial charge in [0.2, 0.25) is 0 Å². The fourth-order valence-electron chi connectivity index (χ4n) is 11.8. The van der Waals surface area contributed by atoms with Crippen molar-refractivity contribution in [3.63, 3.8) is 0 Å². The Morgan fingerprint density at radius 3 is 1.63 bits per heavy atom. The first-order valence-electron chi connectivity index (χ1n) is 23.3. The number of hydrogen-bond donors (Lipinski definition) is 0. The average molecular weight is 851 g/mol. The van der Waals surface area contributed by atoms with Gasteiger partial charge in [-0.25, -0.2) is 0 Å². The lowest BCUT2D eigenvalue weighted by Gasteiger charge is -2.32. The number of fused-ring (bicyclic) bond motifs is 14. The van der Waals surface area contributed by atoms with Crippen molar-refractivity contribution in [2.75, 3.05) is 4.90 Å². The summed E-state index contributed by atoms with van der Waals surface area (Å²) in [6.45, 7) is 0. The molecule has 1 atom stereocenters. The fraction of sp³-hybridized carbons (Fsp3) is 0.0154. The predicted octanol–water partition coefficient (Wildman–Crippen LogP) is 17.1. The Labute approximate surface area is 389 Å². The Bertz CT molecular complexity index is 3900. The van der Waals surface area contributed by atoms with Gasteiger partial charge in [0, 0.05) is 27.8 Å². The third-order valence-corrected chi connectivity index (χ3v) is 14.6. The van der Waals surface area contributed by atoms with Gasteiger partial charge in [-0.1, -0.05) is 194 Å². The van der Waals surface area contributed by atoms with Gasteiger partial charge < -0.3 is 9.47 Å². The molecule has 1 heterocycles. The van der Waals surface area contributed by atoms with Crippen LogP contribution in [0.5, 0.6) is 0 Å². The van der Waals surface area contributed by atoms with E-state index in [2.05, 4.69) is 264 Å². The van der Waals surface area contributed by atoms with Crippen LogP contribution in [0.3, 0.4) is 0 Å². The minimum Gasteiger partial charge on any atom is -0.310 e. The molecule has 0 bridgehead atoms. The molecule has 1 unspecified atom stereocenters. The van der Waals surface area contributed by atoms with Crippen LogP contribution in [0.4, 0.5) is 17.1 Å². The molecule has 2 heteroatoms. The molecule has 14 rings (SSSR count). The minimum atomic E-state index is -0.530. The highest BCUT2D eigenvalue weighted by Gasteiger charge is 2.52. The van der Waals surface area contributed by atoms with Crippen molar-refractivity contribution in [2.45, 2.75) is 5.41 Å². The zero-order valence-electron chi connectivity index (χ0n) is 36.6. The largest absolute Gasteiger partial charge is 0.310 e. The van der Waals surface area contributed by atoms with Crippen molar-refractivity contribution >= 4 is 49.6 Å². The number of rotatable bonds is 6. The quantitative estimate of drug-likeness (QED) is 0.162. The molecule has 0 saturated carbocycles. The maximum Gasteiger partial charge on any atom is 0.0726 e. The second kappa shape index (κ2) is 14.7. The van der Waals surface area contributed by atoms with E-state index >= 15 is 0 Å².